The van der Waals surface area contributed by atoms with Gasteiger partial charge in [0.05, 0.1) is 11.4 Å². The number of nitrogens with two attached hydrogens (primary N) is 1. The molecule has 0 aromatic carbocycles. The van der Waals surface area contributed by atoms with E-state index in [-0.39, 0.29) is 0 Å². The van der Waals surface area contributed by atoms with Gasteiger partial charge in [0.1, 0.15) is 0 Å². The molecule has 0 atom stereocenters. The van der Waals surface area contributed by atoms with E-state index in [4.69, 9.17) is 5.73 Å². The molecule has 0 saturated carbocycles. The van der Waals surface area contributed by atoms with Crippen LogP contribution in [0.25, 0.3) is 0 Å². The number of hydrogen-bond donors (Lipinski definition) is 1. The molecule has 0 unspecified atom stereocenters. The highest BCUT2D eigenvalue weighted by molar-refractivity contribution is 5.42. The SMILES string of the molecule is C=CCc1ncccc1N. The fourth-order valence-electron chi connectivity index (χ4n) is 0.758. The molecule has 10 heavy (non-hydrogen) atoms. The number of aromatic nitrogens is 1. The average Bonchev–Trinajstić information content (AvgIpc) is 1.94. The zero-order valence-corrected chi connectivity index (χ0v) is 5.75. The van der Waals surface area contributed by atoms with Crippen molar-refractivity contribution in [2.24, 2.45) is 0 Å². The van der Waals surface area contributed by atoms with Gasteiger partial charge in [-0.1, -0.05) is 6.08 Å². The third kappa shape index (κ3) is 1.35. The van der Waals surface area contributed by atoms with E-state index >= 15 is 0 Å². The number of pyridine rings is 1. The van der Waals surface area contributed by atoms with Crippen LogP contribution in [0.1, 0.15) is 5.69 Å². The minimum Gasteiger partial charge on any atom is -0.397 e. The van der Waals surface area contributed by atoms with Gasteiger partial charge in [-0.25, -0.2) is 0 Å². The molecule has 0 spiro atoms. The van der Waals surface area contributed by atoms with E-state index in [0.717, 1.165) is 17.8 Å². The van der Waals surface area contributed by atoms with Crippen molar-refractivity contribution in [2.45, 2.75) is 6.42 Å². The Hall–Kier alpha value is -1.31. The fraction of sp³-hybridized carbons (Fsp3) is 0.125. The molecule has 0 fully saturated rings. The predicted molar refractivity (Wildman–Crippen MR) is 42.6 cm³/mol. The number of rotatable bonds is 2. The van der Waals surface area contributed by atoms with Crippen molar-refractivity contribution in [3.8, 4) is 0 Å². The molecule has 2 nitrogen and oxygen atoms in total. The summed E-state index contributed by atoms with van der Waals surface area (Å²) in [6, 6.07) is 3.66. The fourth-order valence-corrected chi connectivity index (χ4v) is 0.758. The maximum atomic E-state index is 5.60. The molecule has 0 aliphatic heterocycles. The summed E-state index contributed by atoms with van der Waals surface area (Å²) in [5, 5.41) is 0. The Morgan fingerprint density at radius 1 is 1.70 bits per heavy atom. The molecule has 1 heterocycles. The van der Waals surface area contributed by atoms with Crippen molar-refractivity contribution < 1.29 is 0 Å². The summed E-state index contributed by atoms with van der Waals surface area (Å²) in [5.41, 5.74) is 7.24. The lowest BCUT2D eigenvalue weighted by Gasteiger charge is -1.98. The van der Waals surface area contributed by atoms with Gasteiger partial charge in [-0.05, 0) is 12.1 Å². The number of hydrogen-bond acceptors (Lipinski definition) is 2. The highest BCUT2D eigenvalue weighted by atomic mass is 14.7. The quantitative estimate of drug-likeness (QED) is 0.621. The third-order valence-electron chi connectivity index (χ3n) is 1.26. The first-order chi connectivity index (χ1) is 4.84. The summed E-state index contributed by atoms with van der Waals surface area (Å²) >= 11 is 0. The van der Waals surface area contributed by atoms with Crippen LogP contribution in [0, 0.1) is 0 Å². The maximum absolute atomic E-state index is 5.60. The van der Waals surface area contributed by atoms with Gasteiger partial charge in [0.25, 0.3) is 0 Å². The van der Waals surface area contributed by atoms with Crippen molar-refractivity contribution >= 4 is 5.69 Å². The zero-order valence-electron chi connectivity index (χ0n) is 5.75. The third-order valence-corrected chi connectivity index (χ3v) is 1.26. The first-order valence-electron chi connectivity index (χ1n) is 3.15. The van der Waals surface area contributed by atoms with Crippen LogP contribution >= 0.6 is 0 Å². The second kappa shape index (κ2) is 3.01. The summed E-state index contributed by atoms with van der Waals surface area (Å²) < 4.78 is 0. The Labute approximate surface area is 60.4 Å². The topological polar surface area (TPSA) is 38.9 Å². The average molecular weight is 134 g/mol. The van der Waals surface area contributed by atoms with Crippen molar-refractivity contribution in [3.05, 3.63) is 36.7 Å². The van der Waals surface area contributed by atoms with Crippen LogP contribution in [0.4, 0.5) is 5.69 Å². The smallest absolute Gasteiger partial charge is 0.0669 e. The predicted octanol–water partition coefficient (Wildman–Crippen LogP) is 1.39. The van der Waals surface area contributed by atoms with Gasteiger partial charge < -0.3 is 5.73 Å². The maximum Gasteiger partial charge on any atom is 0.0669 e. The van der Waals surface area contributed by atoms with Crippen LogP contribution < -0.4 is 5.73 Å². The lowest BCUT2D eigenvalue weighted by atomic mass is 10.2. The Bertz CT molecular complexity index is 230. The molecule has 1 rings (SSSR count). The molecule has 1 aromatic heterocycles. The monoisotopic (exact) mass is 134 g/mol. The van der Waals surface area contributed by atoms with Crippen molar-refractivity contribution in [3.63, 3.8) is 0 Å². The van der Waals surface area contributed by atoms with Crippen LogP contribution in [-0.2, 0) is 6.42 Å². The first kappa shape index (κ1) is 6.81. The normalized spacial score (nSPS) is 9.20. The number of allylic oxidation sites excluding steroid dienone is 1. The molecule has 0 radical (unpaired) electrons. The lowest BCUT2D eigenvalue weighted by Crippen LogP contribution is -1.94. The molecule has 1 aromatic rings. The van der Waals surface area contributed by atoms with Crippen LogP contribution in [0.3, 0.4) is 0 Å². The first-order valence-corrected chi connectivity index (χ1v) is 3.15. The second-order valence-electron chi connectivity index (χ2n) is 2.03. The van der Waals surface area contributed by atoms with Crippen LogP contribution in [0.2, 0.25) is 0 Å². The summed E-state index contributed by atoms with van der Waals surface area (Å²) in [7, 11) is 0. The van der Waals surface area contributed by atoms with E-state index in [9.17, 15) is 0 Å². The molecular weight excluding hydrogens is 124 g/mol. The van der Waals surface area contributed by atoms with E-state index in [1.807, 2.05) is 12.1 Å². The summed E-state index contributed by atoms with van der Waals surface area (Å²) in [5.74, 6) is 0. The Balaban J connectivity index is 2.91. The van der Waals surface area contributed by atoms with Crippen molar-refractivity contribution in [2.75, 3.05) is 5.73 Å². The standard InChI is InChI=1S/C8H10N2/c1-2-4-8-7(9)5-3-6-10-8/h2-3,5-6H,1,4,9H2. The van der Waals surface area contributed by atoms with Gasteiger partial charge >= 0.3 is 0 Å². The molecular formula is C8H10N2. The molecule has 0 saturated heterocycles. The Morgan fingerprint density at radius 3 is 3.10 bits per heavy atom. The highest BCUT2D eigenvalue weighted by Crippen LogP contribution is 2.06. The van der Waals surface area contributed by atoms with Gasteiger partial charge in [-0.3, -0.25) is 4.98 Å². The lowest BCUT2D eigenvalue weighted by molar-refractivity contribution is 1.12. The van der Waals surface area contributed by atoms with E-state index in [1.54, 1.807) is 12.3 Å². The summed E-state index contributed by atoms with van der Waals surface area (Å²) in [6.07, 6.45) is 4.26. The summed E-state index contributed by atoms with van der Waals surface area (Å²) in [6.45, 7) is 3.60. The van der Waals surface area contributed by atoms with Gasteiger partial charge in [0, 0.05) is 12.6 Å². The van der Waals surface area contributed by atoms with Gasteiger partial charge in [-0.2, -0.15) is 0 Å². The minimum absolute atomic E-state index is 0.738. The van der Waals surface area contributed by atoms with Gasteiger partial charge in [0.2, 0.25) is 0 Å². The molecule has 0 bridgehead atoms. The zero-order chi connectivity index (χ0) is 7.40. The highest BCUT2D eigenvalue weighted by Gasteiger charge is 1.93. The molecule has 0 aliphatic rings. The number of nitrogens with zero attached hydrogens (tertiary/aromatic N) is 1. The Morgan fingerprint density at radius 2 is 2.50 bits per heavy atom. The van der Waals surface area contributed by atoms with Crippen molar-refractivity contribution in [1.29, 1.82) is 0 Å². The largest absolute Gasteiger partial charge is 0.397 e. The van der Waals surface area contributed by atoms with Crippen LogP contribution in [-0.4, -0.2) is 4.98 Å². The van der Waals surface area contributed by atoms with E-state index < -0.39 is 0 Å². The van der Waals surface area contributed by atoms with E-state index in [1.165, 1.54) is 0 Å². The van der Waals surface area contributed by atoms with Crippen LogP contribution in [0.5, 0.6) is 0 Å². The van der Waals surface area contributed by atoms with E-state index in [0.29, 0.717) is 0 Å². The number of nitrogen functional groups attached to an aromatic ring is 1. The van der Waals surface area contributed by atoms with Crippen LogP contribution in [0.15, 0.2) is 31.0 Å². The molecule has 2 N–H and O–H groups in total. The molecule has 0 amide bonds. The van der Waals surface area contributed by atoms with E-state index in [2.05, 4.69) is 11.6 Å². The minimum atomic E-state index is 0.738. The number of anilines is 1. The van der Waals surface area contributed by atoms with Gasteiger partial charge in [0.15, 0.2) is 0 Å². The van der Waals surface area contributed by atoms with Crippen molar-refractivity contribution in [1.82, 2.24) is 4.98 Å². The second-order valence-corrected chi connectivity index (χ2v) is 2.03. The van der Waals surface area contributed by atoms with Gasteiger partial charge in [-0.15, -0.1) is 6.58 Å². The summed E-state index contributed by atoms with van der Waals surface area (Å²) in [4.78, 5) is 4.07. The molecule has 0 aliphatic carbocycles. The molecule has 52 valence electrons. The molecule has 2 heteroatoms. The Kier molecular flexibility index (Phi) is 2.05.